The topological polar surface area (TPSA) is 0 Å². The van der Waals surface area contributed by atoms with E-state index >= 15 is 0 Å². The maximum absolute atomic E-state index is 3.31. The highest BCUT2D eigenvalue weighted by Crippen LogP contribution is 1.78. The van der Waals surface area contributed by atoms with Crippen LogP contribution in [-0.2, 0) is 0 Å². The van der Waals surface area contributed by atoms with Crippen molar-refractivity contribution in [2.75, 3.05) is 0 Å². The van der Waals surface area contributed by atoms with Gasteiger partial charge in [-0.15, -0.1) is 8.86 Å². The molecule has 6 heavy (non-hydrogen) atoms. The fourth-order valence-electron chi connectivity index (χ4n) is 0.250. The van der Waals surface area contributed by atoms with E-state index in [9.17, 15) is 0 Å². The maximum atomic E-state index is 3.31. The molecular formula is C5H9P. The Bertz CT molecular complexity index is 72.0. The monoisotopic (exact) mass is 100 g/mol. The van der Waals surface area contributed by atoms with Crippen LogP contribution in [0.3, 0.4) is 0 Å². The van der Waals surface area contributed by atoms with E-state index in [4.69, 9.17) is 0 Å². The molecule has 0 saturated heterocycles. The molecule has 34 valence electrons. The molecule has 0 N–H and O–H groups in total. The van der Waals surface area contributed by atoms with Crippen molar-refractivity contribution in [2.24, 2.45) is 0 Å². The SMILES string of the molecule is C/C=C/C(C)=P. The summed E-state index contributed by atoms with van der Waals surface area (Å²) in [6.07, 6.45) is 3.99. The minimum absolute atomic E-state index is 1.16. The Kier molecular flexibility index (Phi) is 3.07. The van der Waals surface area contributed by atoms with Crippen molar-refractivity contribution in [3.63, 3.8) is 0 Å². The van der Waals surface area contributed by atoms with Crippen LogP contribution in [-0.4, -0.2) is 5.29 Å². The van der Waals surface area contributed by atoms with E-state index in [1.165, 1.54) is 0 Å². The molecule has 0 amide bonds. The molecule has 0 aromatic rings. The molecule has 0 spiro atoms. The molecule has 0 rings (SSSR count). The van der Waals surface area contributed by atoms with Crippen LogP contribution in [0.2, 0.25) is 0 Å². The predicted octanol–water partition coefficient (Wildman–Crippen LogP) is 1.90. The Labute approximate surface area is 41.1 Å². The summed E-state index contributed by atoms with van der Waals surface area (Å²) in [4.78, 5) is 0. The molecule has 0 unspecified atom stereocenters. The highest BCUT2D eigenvalue weighted by Gasteiger charge is 1.64. The molecule has 0 nitrogen and oxygen atoms in total. The van der Waals surface area contributed by atoms with Crippen LogP contribution in [0.5, 0.6) is 0 Å². The number of allylic oxidation sites excluding steroid dienone is 2. The summed E-state index contributed by atoms with van der Waals surface area (Å²) >= 11 is 0. The molecule has 0 aromatic carbocycles. The van der Waals surface area contributed by atoms with Crippen LogP contribution in [0.4, 0.5) is 0 Å². The van der Waals surface area contributed by atoms with Gasteiger partial charge in [0.1, 0.15) is 0 Å². The fourth-order valence-corrected chi connectivity index (χ4v) is 0.417. The maximum Gasteiger partial charge on any atom is -0.0313 e. The van der Waals surface area contributed by atoms with Gasteiger partial charge in [0.05, 0.1) is 0 Å². The highest BCUT2D eigenvalue weighted by molar-refractivity contribution is 7.21. The lowest BCUT2D eigenvalue weighted by Crippen LogP contribution is -1.70. The Morgan fingerprint density at radius 2 is 2.17 bits per heavy atom. The Balaban J connectivity index is 3.30. The first-order chi connectivity index (χ1) is 2.77. The van der Waals surface area contributed by atoms with Gasteiger partial charge in [-0.2, -0.15) is 0 Å². The third kappa shape index (κ3) is 3.91. The third-order valence-corrected chi connectivity index (χ3v) is 0.583. The number of rotatable bonds is 1. The van der Waals surface area contributed by atoms with Crippen molar-refractivity contribution >= 4 is 14.2 Å². The molecule has 0 aliphatic carbocycles. The lowest BCUT2D eigenvalue weighted by atomic mass is 10.4. The average Bonchev–Trinajstić information content (AvgIpc) is 1.35. The molecule has 0 radical (unpaired) electrons. The molecule has 0 saturated carbocycles. The van der Waals surface area contributed by atoms with Gasteiger partial charge in [-0.1, -0.05) is 12.2 Å². The minimum atomic E-state index is 1.16. The molecule has 0 fully saturated rings. The Morgan fingerprint density at radius 1 is 1.67 bits per heavy atom. The third-order valence-electron chi connectivity index (χ3n) is 0.417. The Hall–Kier alpha value is -0.0900. The van der Waals surface area contributed by atoms with Crippen molar-refractivity contribution in [2.45, 2.75) is 13.8 Å². The number of hydrogen-bond acceptors (Lipinski definition) is 0. The zero-order chi connectivity index (χ0) is 4.99. The van der Waals surface area contributed by atoms with E-state index in [1.807, 2.05) is 26.0 Å². The first kappa shape index (κ1) is 5.91. The van der Waals surface area contributed by atoms with Gasteiger partial charge in [0, 0.05) is 0 Å². The molecule has 0 atom stereocenters. The summed E-state index contributed by atoms with van der Waals surface area (Å²) in [6.45, 7) is 3.99. The zero-order valence-electron chi connectivity index (χ0n) is 4.15. The first-order valence-corrected chi connectivity index (χ1v) is 2.45. The van der Waals surface area contributed by atoms with Crippen LogP contribution in [0.25, 0.3) is 0 Å². The second-order valence-corrected chi connectivity index (χ2v) is 1.97. The van der Waals surface area contributed by atoms with E-state index in [2.05, 4.69) is 8.86 Å². The van der Waals surface area contributed by atoms with E-state index in [1.54, 1.807) is 0 Å². The quantitative estimate of drug-likeness (QED) is 0.441. The van der Waals surface area contributed by atoms with Crippen LogP contribution in [0.1, 0.15) is 13.8 Å². The van der Waals surface area contributed by atoms with Crippen molar-refractivity contribution in [3.8, 4) is 0 Å². The second-order valence-electron chi connectivity index (χ2n) is 1.18. The first-order valence-electron chi connectivity index (χ1n) is 1.95. The summed E-state index contributed by atoms with van der Waals surface area (Å²) in [7, 11) is 3.31. The van der Waals surface area contributed by atoms with E-state index in [0.29, 0.717) is 0 Å². The van der Waals surface area contributed by atoms with Gasteiger partial charge < -0.3 is 0 Å². The lowest BCUT2D eigenvalue weighted by molar-refractivity contribution is 1.76. The Morgan fingerprint density at radius 3 is 2.17 bits per heavy atom. The highest BCUT2D eigenvalue weighted by atomic mass is 31.0. The standard InChI is InChI=1S/C5H9P/c1-3-4-5(2)6/h3-4,6H,1-2H3/b4-3+. The predicted molar refractivity (Wildman–Crippen MR) is 33.8 cm³/mol. The van der Waals surface area contributed by atoms with Crippen LogP contribution >= 0.6 is 8.86 Å². The van der Waals surface area contributed by atoms with Gasteiger partial charge in [0.15, 0.2) is 0 Å². The van der Waals surface area contributed by atoms with Crippen molar-refractivity contribution < 1.29 is 0 Å². The molecule has 0 aliphatic heterocycles. The van der Waals surface area contributed by atoms with E-state index in [0.717, 1.165) is 5.29 Å². The number of hydrogen-bond donors (Lipinski definition) is 0. The second kappa shape index (κ2) is 3.11. The molecule has 0 bridgehead atoms. The van der Waals surface area contributed by atoms with Crippen LogP contribution in [0.15, 0.2) is 12.2 Å². The van der Waals surface area contributed by atoms with E-state index in [-0.39, 0.29) is 0 Å². The van der Waals surface area contributed by atoms with Crippen LogP contribution < -0.4 is 0 Å². The minimum Gasteiger partial charge on any atom is -0.119 e. The van der Waals surface area contributed by atoms with E-state index < -0.39 is 0 Å². The summed E-state index contributed by atoms with van der Waals surface area (Å²) in [5, 5.41) is 1.16. The van der Waals surface area contributed by atoms with Gasteiger partial charge in [-0.05, 0) is 19.1 Å². The molecule has 0 aliphatic rings. The van der Waals surface area contributed by atoms with Gasteiger partial charge in [0.2, 0.25) is 0 Å². The molecule has 0 heterocycles. The summed E-state index contributed by atoms with van der Waals surface area (Å²) in [5.74, 6) is 0. The van der Waals surface area contributed by atoms with Crippen LogP contribution in [0, 0.1) is 0 Å². The summed E-state index contributed by atoms with van der Waals surface area (Å²) in [6, 6.07) is 0. The smallest absolute Gasteiger partial charge is 0.0313 e. The average molecular weight is 100 g/mol. The van der Waals surface area contributed by atoms with Crippen molar-refractivity contribution in [1.29, 1.82) is 0 Å². The fraction of sp³-hybridized carbons (Fsp3) is 0.400. The largest absolute Gasteiger partial charge is 0.119 e. The molecule has 0 aromatic heterocycles. The van der Waals surface area contributed by atoms with Gasteiger partial charge in [-0.25, -0.2) is 0 Å². The summed E-state index contributed by atoms with van der Waals surface area (Å²) in [5.41, 5.74) is 0. The normalized spacial score (nSPS) is 9.67. The lowest BCUT2D eigenvalue weighted by Gasteiger charge is -1.74. The molecular weight excluding hydrogens is 91.0 g/mol. The van der Waals surface area contributed by atoms with Gasteiger partial charge >= 0.3 is 0 Å². The van der Waals surface area contributed by atoms with Gasteiger partial charge in [0.25, 0.3) is 0 Å². The van der Waals surface area contributed by atoms with Crippen molar-refractivity contribution in [3.05, 3.63) is 12.2 Å². The molecule has 1 heteroatoms. The zero-order valence-corrected chi connectivity index (χ0v) is 5.15. The van der Waals surface area contributed by atoms with Crippen molar-refractivity contribution in [1.82, 2.24) is 0 Å². The summed E-state index contributed by atoms with van der Waals surface area (Å²) < 4.78 is 0. The van der Waals surface area contributed by atoms with Gasteiger partial charge in [-0.3, -0.25) is 0 Å².